The minimum absolute atomic E-state index is 0.0464. The number of ether oxygens (including phenoxy) is 2. The topological polar surface area (TPSA) is 105 Å². The van der Waals surface area contributed by atoms with Crippen molar-refractivity contribution >= 4 is 27.5 Å². The lowest BCUT2D eigenvalue weighted by Gasteiger charge is -2.34. The molecule has 0 radical (unpaired) electrons. The van der Waals surface area contributed by atoms with Crippen LogP contribution in [0.2, 0.25) is 0 Å². The molecule has 0 aromatic heterocycles. The molecule has 42 heavy (non-hydrogen) atoms. The Labute approximate surface area is 248 Å². The first-order chi connectivity index (χ1) is 20.2. The summed E-state index contributed by atoms with van der Waals surface area (Å²) in [6.07, 6.45) is 1.63. The molecular weight excluding hydrogens is 554 g/mol. The number of nitrogens with one attached hydrogen (secondary N) is 1. The first kappa shape index (κ1) is 30.9. The van der Waals surface area contributed by atoms with E-state index in [0.717, 1.165) is 16.3 Å². The molecule has 0 aliphatic carbocycles. The van der Waals surface area contributed by atoms with Crippen molar-refractivity contribution in [3.8, 4) is 11.5 Å². The third-order valence-electron chi connectivity index (χ3n) is 7.29. The lowest BCUT2D eigenvalue weighted by molar-refractivity contribution is -0.139. The number of sulfonamides is 1. The van der Waals surface area contributed by atoms with Gasteiger partial charge in [0.2, 0.25) is 11.8 Å². The summed E-state index contributed by atoms with van der Waals surface area (Å²) in [5, 5.41) is 2.99. The number of rotatable bonds is 13. The van der Waals surface area contributed by atoms with Crippen LogP contribution in [0.1, 0.15) is 39.2 Å². The van der Waals surface area contributed by atoms with Crippen LogP contribution < -0.4 is 19.1 Å². The van der Waals surface area contributed by atoms with Crippen molar-refractivity contribution < 1.29 is 27.5 Å². The van der Waals surface area contributed by atoms with Crippen LogP contribution in [0.15, 0.2) is 83.8 Å². The number of carbonyl (C=O) groups excluding carboxylic acids is 2. The van der Waals surface area contributed by atoms with Crippen molar-refractivity contribution in [2.45, 2.75) is 57.0 Å². The fourth-order valence-electron chi connectivity index (χ4n) is 4.77. The molecule has 0 unspecified atom stereocenters. The van der Waals surface area contributed by atoms with E-state index in [4.69, 9.17) is 9.47 Å². The Hall–Kier alpha value is -4.05. The summed E-state index contributed by atoms with van der Waals surface area (Å²) in [4.78, 5) is 29.1. The number of hydrogen-bond donors (Lipinski definition) is 1. The Kier molecular flexibility index (Phi) is 10.5. The molecule has 9 nitrogen and oxygen atoms in total. The second-order valence-electron chi connectivity index (χ2n) is 10.2. The van der Waals surface area contributed by atoms with Gasteiger partial charge in [-0.1, -0.05) is 62.4 Å². The van der Waals surface area contributed by atoms with Gasteiger partial charge in [0.1, 0.15) is 25.8 Å². The van der Waals surface area contributed by atoms with E-state index in [9.17, 15) is 18.0 Å². The highest BCUT2D eigenvalue weighted by atomic mass is 32.2. The SMILES string of the molecule is CC[C@@H](C)NC(=O)[C@H](CC)N(CCc1ccccc1)C(=O)CN(c1ccc2c(c1)OCCO2)S(=O)(=O)c1ccccc1. The van der Waals surface area contributed by atoms with Crippen LogP contribution in [0.3, 0.4) is 0 Å². The zero-order chi connectivity index (χ0) is 30.1. The number of hydrogen-bond acceptors (Lipinski definition) is 6. The Morgan fingerprint density at radius 2 is 1.52 bits per heavy atom. The number of carbonyl (C=O) groups is 2. The van der Waals surface area contributed by atoms with Crippen molar-refractivity contribution in [1.82, 2.24) is 10.2 Å². The summed E-state index contributed by atoms with van der Waals surface area (Å²) in [5.74, 6) is 0.168. The minimum Gasteiger partial charge on any atom is -0.486 e. The van der Waals surface area contributed by atoms with Gasteiger partial charge >= 0.3 is 0 Å². The van der Waals surface area contributed by atoms with Gasteiger partial charge in [-0.05, 0) is 56.0 Å². The highest BCUT2D eigenvalue weighted by Crippen LogP contribution is 2.36. The first-order valence-corrected chi connectivity index (χ1v) is 15.8. The second kappa shape index (κ2) is 14.2. The zero-order valence-corrected chi connectivity index (χ0v) is 25.2. The normalized spacial score (nSPS) is 14.0. The highest BCUT2D eigenvalue weighted by molar-refractivity contribution is 7.92. The number of anilines is 1. The molecule has 3 aromatic carbocycles. The molecule has 0 fully saturated rings. The molecule has 1 aliphatic heterocycles. The third-order valence-corrected chi connectivity index (χ3v) is 9.08. The van der Waals surface area contributed by atoms with Crippen LogP contribution in [0.25, 0.3) is 0 Å². The molecule has 0 spiro atoms. The average Bonchev–Trinajstić information content (AvgIpc) is 3.02. The van der Waals surface area contributed by atoms with E-state index in [1.807, 2.05) is 51.1 Å². The van der Waals surface area contributed by atoms with E-state index in [0.29, 0.717) is 37.6 Å². The van der Waals surface area contributed by atoms with Crippen molar-refractivity contribution in [2.75, 3.05) is 30.6 Å². The van der Waals surface area contributed by atoms with Gasteiger partial charge in [0, 0.05) is 18.7 Å². The van der Waals surface area contributed by atoms with E-state index in [1.165, 1.54) is 17.0 Å². The summed E-state index contributed by atoms with van der Waals surface area (Å²) in [5.41, 5.74) is 1.27. The summed E-state index contributed by atoms with van der Waals surface area (Å²) >= 11 is 0. The van der Waals surface area contributed by atoms with Crippen molar-refractivity contribution in [3.63, 3.8) is 0 Å². The van der Waals surface area contributed by atoms with Crippen LogP contribution >= 0.6 is 0 Å². The second-order valence-corrected chi connectivity index (χ2v) is 12.1. The monoisotopic (exact) mass is 593 g/mol. The molecule has 10 heteroatoms. The fourth-order valence-corrected chi connectivity index (χ4v) is 6.20. The van der Waals surface area contributed by atoms with Gasteiger partial charge < -0.3 is 19.7 Å². The maximum absolute atomic E-state index is 14.2. The van der Waals surface area contributed by atoms with Crippen molar-refractivity contribution in [3.05, 3.63) is 84.4 Å². The van der Waals surface area contributed by atoms with Crippen LogP contribution in [-0.2, 0) is 26.0 Å². The lowest BCUT2D eigenvalue weighted by atomic mass is 10.1. The number of nitrogens with zero attached hydrogens (tertiary/aromatic N) is 2. The molecule has 1 N–H and O–H groups in total. The summed E-state index contributed by atoms with van der Waals surface area (Å²) < 4.78 is 40.4. The van der Waals surface area contributed by atoms with Gasteiger partial charge in [-0.15, -0.1) is 0 Å². The van der Waals surface area contributed by atoms with E-state index >= 15 is 0 Å². The average molecular weight is 594 g/mol. The van der Waals surface area contributed by atoms with Crippen LogP contribution in [0.4, 0.5) is 5.69 Å². The maximum Gasteiger partial charge on any atom is 0.264 e. The summed E-state index contributed by atoms with van der Waals surface area (Å²) in [6.45, 7) is 6.21. The number of benzene rings is 3. The first-order valence-electron chi connectivity index (χ1n) is 14.4. The molecule has 4 rings (SSSR count). The molecule has 224 valence electrons. The van der Waals surface area contributed by atoms with Gasteiger partial charge in [0.05, 0.1) is 10.6 Å². The van der Waals surface area contributed by atoms with Crippen molar-refractivity contribution in [2.24, 2.45) is 0 Å². The Morgan fingerprint density at radius 1 is 0.881 bits per heavy atom. The lowest BCUT2D eigenvalue weighted by Crippen LogP contribution is -2.54. The van der Waals surface area contributed by atoms with Gasteiger partial charge in [-0.3, -0.25) is 13.9 Å². The molecule has 1 heterocycles. The van der Waals surface area contributed by atoms with E-state index in [-0.39, 0.29) is 29.1 Å². The quantitative estimate of drug-likeness (QED) is 0.315. The Balaban J connectivity index is 1.71. The van der Waals surface area contributed by atoms with E-state index < -0.39 is 28.5 Å². The maximum atomic E-state index is 14.2. The number of amides is 2. The Morgan fingerprint density at radius 3 is 2.17 bits per heavy atom. The van der Waals surface area contributed by atoms with Crippen molar-refractivity contribution in [1.29, 1.82) is 0 Å². The van der Waals surface area contributed by atoms with Crippen LogP contribution in [0.5, 0.6) is 11.5 Å². The molecule has 0 bridgehead atoms. The predicted octanol–water partition coefficient (Wildman–Crippen LogP) is 4.42. The fraction of sp³-hybridized carbons (Fsp3) is 0.375. The zero-order valence-electron chi connectivity index (χ0n) is 24.4. The largest absolute Gasteiger partial charge is 0.486 e. The van der Waals surface area contributed by atoms with Crippen LogP contribution in [-0.4, -0.2) is 63.5 Å². The molecule has 2 amide bonds. The standard InChI is InChI=1S/C32H39N3O6S/c1-4-24(3)33-32(37)28(5-2)34(19-18-25-12-8-6-9-13-25)31(36)23-35(42(38,39)27-14-10-7-11-15-27)26-16-17-29-30(22-26)41-21-20-40-29/h6-17,22,24,28H,4-5,18-21,23H2,1-3H3,(H,33,37)/t24-,28+/m1/s1. The van der Waals surface area contributed by atoms with Gasteiger partial charge in [0.15, 0.2) is 11.5 Å². The molecular formula is C32H39N3O6S. The smallest absolute Gasteiger partial charge is 0.264 e. The van der Waals surface area contributed by atoms with Gasteiger partial charge in [-0.25, -0.2) is 8.42 Å². The summed E-state index contributed by atoms with van der Waals surface area (Å²) in [6, 6.07) is 21.6. The van der Waals surface area contributed by atoms with E-state index in [2.05, 4.69) is 5.32 Å². The summed E-state index contributed by atoms with van der Waals surface area (Å²) in [7, 11) is -4.16. The van der Waals surface area contributed by atoms with Gasteiger partial charge in [-0.2, -0.15) is 0 Å². The minimum atomic E-state index is -4.16. The molecule has 1 aliphatic rings. The predicted molar refractivity (Wildman–Crippen MR) is 162 cm³/mol. The molecule has 2 atom stereocenters. The van der Waals surface area contributed by atoms with Gasteiger partial charge in [0.25, 0.3) is 10.0 Å². The molecule has 0 saturated carbocycles. The third kappa shape index (κ3) is 7.42. The van der Waals surface area contributed by atoms with Crippen LogP contribution in [0, 0.1) is 0 Å². The highest BCUT2D eigenvalue weighted by Gasteiger charge is 2.34. The van der Waals surface area contributed by atoms with E-state index in [1.54, 1.807) is 36.4 Å². The Bertz CT molecular complexity index is 1450. The number of fused-ring (bicyclic) bond motifs is 1. The molecule has 3 aromatic rings. The molecule has 0 saturated heterocycles.